The molecule has 9 heteroatoms. The van der Waals surface area contributed by atoms with Crippen LogP contribution in [0.25, 0.3) is 11.6 Å². The first-order chi connectivity index (χ1) is 11.9. The molecule has 0 saturated carbocycles. The van der Waals surface area contributed by atoms with Crippen LogP contribution in [0.1, 0.15) is 21.8 Å². The van der Waals surface area contributed by atoms with Crippen LogP contribution >= 0.6 is 0 Å². The summed E-state index contributed by atoms with van der Waals surface area (Å²) in [5.74, 6) is 0.580. The summed E-state index contributed by atoms with van der Waals surface area (Å²) in [6, 6.07) is 7.35. The highest BCUT2D eigenvalue weighted by Crippen LogP contribution is 2.29. The molecule has 0 spiro atoms. The zero-order valence-corrected chi connectivity index (χ0v) is 12.7. The molecule has 25 heavy (non-hydrogen) atoms. The number of carbonyl (C=O) groups excluding carboxylic acids is 1. The van der Waals surface area contributed by atoms with E-state index in [-0.39, 0.29) is 18.5 Å². The molecule has 2 aromatic heterocycles. The van der Waals surface area contributed by atoms with Crippen molar-refractivity contribution in [1.82, 2.24) is 15.5 Å². The van der Waals surface area contributed by atoms with Crippen LogP contribution in [0.15, 0.2) is 51.6 Å². The highest BCUT2D eigenvalue weighted by molar-refractivity contribution is 5.94. The monoisotopic (exact) mass is 351 g/mol. The number of amides is 1. The van der Waals surface area contributed by atoms with E-state index in [4.69, 9.17) is 8.94 Å². The topological polar surface area (TPSA) is 81.2 Å². The van der Waals surface area contributed by atoms with E-state index < -0.39 is 17.6 Å². The molecule has 1 N–H and O–H groups in total. The maximum absolute atomic E-state index is 12.5. The van der Waals surface area contributed by atoms with Gasteiger partial charge in [-0.3, -0.25) is 4.79 Å². The minimum Gasteiger partial charge on any atom is -0.461 e. The van der Waals surface area contributed by atoms with Gasteiger partial charge in [-0.15, -0.1) is 0 Å². The summed E-state index contributed by atoms with van der Waals surface area (Å²) in [5, 5.41) is 6.33. The molecule has 0 aliphatic rings. The third kappa shape index (κ3) is 4.06. The predicted octanol–water partition coefficient (Wildman–Crippen LogP) is 3.32. The Morgan fingerprint density at radius 3 is 2.56 bits per heavy atom. The summed E-state index contributed by atoms with van der Waals surface area (Å²) in [5.41, 5.74) is -0.671. The van der Waals surface area contributed by atoms with Gasteiger partial charge in [-0.05, 0) is 36.4 Å². The van der Waals surface area contributed by atoms with E-state index in [0.29, 0.717) is 17.5 Å². The van der Waals surface area contributed by atoms with Gasteiger partial charge >= 0.3 is 6.18 Å². The Labute approximate surface area is 139 Å². The molecule has 0 aliphatic carbocycles. The van der Waals surface area contributed by atoms with Gasteiger partial charge in [0.2, 0.25) is 11.7 Å². The normalized spacial score (nSPS) is 11.5. The lowest BCUT2D eigenvalue weighted by Crippen LogP contribution is -2.25. The van der Waals surface area contributed by atoms with Gasteiger partial charge in [0.25, 0.3) is 5.91 Å². The van der Waals surface area contributed by atoms with E-state index in [0.717, 1.165) is 24.3 Å². The van der Waals surface area contributed by atoms with Crippen LogP contribution in [0.3, 0.4) is 0 Å². The largest absolute Gasteiger partial charge is 0.461 e. The van der Waals surface area contributed by atoms with Crippen molar-refractivity contribution >= 4 is 5.91 Å². The molecule has 0 atom stereocenters. The average Bonchev–Trinajstić information content (AvgIpc) is 3.25. The molecule has 0 fully saturated rings. The average molecular weight is 351 g/mol. The molecule has 0 unspecified atom stereocenters. The third-order valence-electron chi connectivity index (χ3n) is 3.31. The number of benzene rings is 1. The first kappa shape index (κ1) is 16.7. The molecule has 0 bridgehead atoms. The van der Waals surface area contributed by atoms with Crippen molar-refractivity contribution < 1.29 is 26.9 Å². The summed E-state index contributed by atoms with van der Waals surface area (Å²) < 4.78 is 47.6. The number of furan rings is 1. The summed E-state index contributed by atoms with van der Waals surface area (Å²) >= 11 is 0. The first-order valence-electron chi connectivity index (χ1n) is 7.25. The van der Waals surface area contributed by atoms with Gasteiger partial charge in [-0.25, -0.2) is 0 Å². The van der Waals surface area contributed by atoms with E-state index >= 15 is 0 Å². The zero-order chi connectivity index (χ0) is 17.9. The second kappa shape index (κ2) is 6.80. The van der Waals surface area contributed by atoms with Crippen LogP contribution < -0.4 is 5.32 Å². The number of carbonyl (C=O) groups is 1. The maximum Gasteiger partial charge on any atom is 0.416 e. The third-order valence-corrected chi connectivity index (χ3v) is 3.31. The van der Waals surface area contributed by atoms with Crippen molar-refractivity contribution in [2.45, 2.75) is 12.6 Å². The smallest absolute Gasteiger partial charge is 0.416 e. The Morgan fingerprint density at radius 2 is 1.92 bits per heavy atom. The number of nitrogens with zero attached hydrogens (tertiary/aromatic N) is 2. The quantitative estimate of drug-likeness (QED) is 0.763. The number of aromatic nitrogens is 2. The summed E-state index contributed by atoms with van der Waals surface area (Å²) in [4.78, 5) is 16.0. The Morgan fingerprint density at radius 1 is 1.16 bits per heavy atom. The van der Waals surface area contributed by atoms with Crippen molar-refractivity contribution in [3.8, 4) is 11.6 Å². The molecule has 0 saturated heterocycles. The van der Waals surface area contributed by atoms with Gasteiger partial charge in [0.05, 0.1) is 11.8 Å². The molecule has 3 aromatic rings. The molecule has 0 aliphatic heterocycles. The molecular formula is C16H12F3N3O3. The van der Waals surface area contributed by atoms with Gasteiger partial charge in [0, 0.05) is 18.5 Å². The predicted molar refractivity (Wildman–Crippen MR) is 79.5 cm³/mol. The van der Waals surface area contributed by atoms with E-state index in [1.54, 1.807) is 12.1 Å². The SMILES string of the molecule is O=C(NCCc1nc(-c2ccco2)no1)c1ccc(C(F)(F)F)cc1. The molecule has 1 amide bonds. The Hall–Kier alpha value is -3.10. The van der Waals surface area contributed by atoms with Crippen molar-refractivity contribution in [1.29, 1.82) is 0 Å². The van der Waals surface area contributed by atoms with Crippen LogP contribution in [0.5, 0.6) is 0 Å². The van der Waals surface area contributed by atoms with Gasteiger partial charge in [-0.2, -0.15) is 18.2 Å². The summed E-state index contributed by atoms with van der Waals surface area (Å²) in [6.07, 6.45) is -2.67. The lowest BCUT2D eigenvalue weighted by Gasteiger charge is -2.07. The number of halogens is 3. The zero-order valence-electron chi connectivity index (χ0n) is 12.7. The second-order valence-electron chi connectivity index (χ2n) is 5.07. The molecular weight excluding hydrogens is 339 g/mol. The van der Waals surface area contributed by atoms with Gasteiger partial charge in [0.1, 0.15) is 0 Å². The number of alkyl halides is 3. The number of hydrogen-bond donors (Lipinski definition) is 1. The first-order valence-corrected chi connectivity index (χ1v) is 7.25. The van der Waals surface area contributed by atoms with Crippen LogP contribution in [0.2, 0.25) is 0 Å². The number of hydrogen-bond acceptors (Lipinski definition) is 5. The van der Waals surface area contributed by atoms with E-state index in [1.165, 1.54) is 6.26 Å². The fourth-order valence-electron chi connectivity index (χ4n) is 2.06. The highest BCUT2D eigenvalue weighted by Gasteiger charge is 2.30. The van der Waals surface area contributed by atoms with Crippen LogP contribution in [-0.4, -0.2) is 22.6 Å². The molecule has 6 nitrogen and oxygen atoms in total. The minimum atomic E-state index is -4.43. The lowest BCUT2D eigenvalue weighted by atomic mass is 10.1. The Kier molecular flexibility index (Phi) is 4.55. The van der Waals surface area contributed by atoms with Gasteiger partial charge in [-0.1, -0.05) is 5.16 Å². The van der Waals surface area contributed by atoms with Crippen molar-refractivity contribution in [3.63, 3.8) is 0 Å². The standard InChI is InChI=1S/C16H12F3N3O3/c17-16(18,19)11-5-3-10(4-6-11)15(23)20-8-7-13-21-14(22-25-13)12-2-1-9-24-12/h1-6,9H,7-8H2,(H,20,23). The fourth-order valence-corrected chi connectivity index (χ4v) is 2.06. The molecule has 130 valence electrons. The fraction of sp³-hybridized carbons (Fsp3) is 0.188. The molecule has 2 heterocycles. The lowest BCUT2D eigenvalue weighted by molar-refractivity contribution is -0.137. The van der Waals surface area contributed by atoms with Crippen molar-refractivity contribution in [2.75, 3.05) is 6.54 Å². The minimum absolute atomic E-state index is 0.134. The molecule has 0 radical (unpaired) electrons. The van der Waals surface area contributed by atoms with Gasteiger partial charge < -0.3 is 14.3 Å². The van der Waals surface area contributed by atoms with Crippen LogP contribution in [0, 0.1) is 0 Å². The van der Waals surface area contributed by atoms with E-state index in [9.17, 15) is 18.0 Å². The Balaban J connectivity index is 1.53. The van der Waals surface area contributed by atoms with Crippen LogP contribution in [-0.2, 0) is 12.6 Å². The number of rotatable bonds is 5. The van der Waals surface area contributed by atoms with Gasteiger partial charge in [0.15, 0.2) is 5.76 Å². The Bertz CT molecular complexity index is 840. The van der Waals surface area contributed by atoms with Crippen molar-refractivity contribution in [2.24, 2.45) is 0 Å². The summed E-state index contributed by atoms with van der Waals surface area (Å²) in [6.45, 7) is 0.194. The van der Waals surface area contributed by atoms with Crippen molar-refractivity contribution in [3.05, 3.63) is 59.7 Å². The van der Waals surface area contributed by atoms with Crippen LogP contribution in [0.4, 0.5) is 13.2 Å². The highest BCUT2D eigenvalue weighted by atomic mass is 19.4. The molecule has 3 rings (SSSR count). The second-order valence-corrected chi connectivity index (χ2v) is 5.07. The summed E-state index contributed by atoms with van der Waals surface area (Å²) in [7, 11) is 0. The van der Waals surface area contributed by atoms with E-state index in [2.05, 4.69) is 15.5 Å². The maximum atomic E-state index is 12.5. The molecule has 1 aromatic carbocycles. The number of nitrogens with one attached hydrogen (secondary N) is 1. The van der Waals surface area contributed by atoms with E-state index in [1.807, 2.05) is 0 Å².